The van der Waals surface area contributed by atoms with Gasteiger partial charge in [-0.05, 0) is 37.3 Å². The van der Waals surface area contributed by atoms with Gasteiger partial charge in [0.1, 0.15) is 0 Å². The van der Waals surface area contributed by atoms with Crippen LogP contribution in [-0.4, -0.2) is 24.7 Å². The second kappa shape index (κ2) is 5.43. The third-order valence-electron chi connectivity index (χ3n) is 3.86. The highest BCUT2D eigenvalue weighted by atomic mass is 35.5. The number of benzene rings is 1. The standard InChI is InChI=1S/C14H16Cl2N2O2/c15-9-5-8(6-10(17)12(9)16)14(19)18-11-3-4-20-13(11)7-1-2-7/h5-7,11,13H,1-4,17H2,(H,18,19). The van der Waals surface area contributed by atoms with E-state index in [1.165, 1.54) is 18.9 Å². The molecule has 2 unspecified atom stereocenters. The van der Waals surface area contributed by atoms with Crippen LogP contribution in [0.25, 0.3) is 0 Å². The minimum Gasteiger partial charge on any atom is -0.397 e. The summed E-state index contributed by atoms with van der Waals surface area (Å²) in [5, 5.41) is 3.59. The number of halogens is 2. The van der Waals surface area contributed by atoms with Crippen molar-refractivity contribution in [2.24, 2.45) is 5.92 Å². The van der Waals surface area contributed by atoms with Crippen LogP contribution in [0.1, 0.15) is 29.6 Å². The smallest absolute Gasteiger partial charge is 0.251 e. The first kappa shape index (κ1) is 14.0. The highest BCUT2D eigenvalue weighted by Crippen LogP contribution is 2.39. The zero-order valence-corrected chi connectivity index (χ0v) is 12.4. The number of anilines is 1. The number of rotatable bonds is 3. The van der Waals surface area contributed by atoms with Gasteiger partial charge >= 0.3 is 0 Å². The summed E-state index contributed by atoms with van der Waals surface area (Å²) < 4.78 is 5.71. The molecule has 6 heteroatoms. The molecule has 0 spiro atoms. The van der Waals surface area contributed by atoms with Crippen LogP contribution < -0.4 is 11.1 Å². The maximum absolute atomic E-state index is 12.3. The van der Waals surface area contributed by atoms with Crippen LogP contribution in [-0.2, 0) is 4.74 Å². The molecule has 0 aromatic heterocycles. The minimum atomic E-state index is -0.184. The number of carbonyl (C=O) groups excluding carboxylic acids is 1. The van der Waals surface area contributed by atoms with E-state index in [1.807, 2.05) is 0 Å². The van der Waals surface area contributed by atoms with E-state index < -0.39 is 0 Å². The maximum Gasteiger partial charge on any atom is 0.251 e. The lowest BCUT2D eigenvalue weighted by atomic mass is 10.1. The van der Waals surface area contributed by atoms with Gasteiger partial charge in [-0.25, -0.2) is 0 Å². The molecule has 2 fully saturated rings. The van der Waals surface area contributed by atoms with E-state index >= 15 is 0 Å². The summed E-state index contributed by atoms with van der Waals surface area (Å²) in [6.07, 6.45) is 3.39. The molecule has 1 aliphatic carbocycles. The van der Waals surface area contributed by atoms with Crippen molar-refractivity contribution in [3.8, 4) is 0 Å². The maximum atomic E-state index is 12.3. The number of nitrogens with one attached hydrogen (secondary N) is 1. The van der Waals surface area contributed by atoms with Crippen molar-refractivity contribution in [2.75, 3.05) is 12.3 Å². The number of carbonyl (C=O) groups is 1. The van der Waals surface area contributed by atoms with Gasteiger partial charge < -0.3 is 15.8 Å². The number of hydrogen-bond donors (Lipinski definition) is 2. The van der Waals surface area contributed by atoms with Gasteiger partial charge in [0.2, 0.25) is 0 Å². The second-order valence-corrected chi connectivity index (χ2v) is 6.19. The van der Waals surface area contributed by atoms with Crippen molar-refractivity contribution >= 4 is 34.8 Å². The third-order valence-corrected chi connectivity index (χ3v) is 4.67. The summed E-state index contributed by atoms with van der Waals surface area (Å²) >= 11 is 11.8. The molecule has 4 nitrogen and oxygen atoms in total. The van der Waals surface area contributed by atoms with E-state index in [0.29, 0.717) is 28.8 Å². The van der Waals surface area contributed by atoms with E-state index in [-0.39, 0.29) is 23.1 Å². The first-order valence-corrected chi connectivity index (χ1v) is 7.49. The predicted molar refractivity (Wildman–Crippen MR) is 79.2 cm³/mol. The Morgan fingerprint density at radius 2 is 2.05 bits per heavy atom. The topological polar surface area (TPSA) is 64.4 Å². The van der Waals surface area contributed by atoms with Crippen LogP contribution in [0.3, 0.4) is 0 Å². The molecule has 1 saturated carbocycles. The molecule has 1 aromatic carbocycles. The Hall–Kier alpha value is -0.970. The molecule has 2 atom stereocenters. The quantitative estimate of drug-likeness (QED) is 0.843. The molecule has 108 valence electrons. The normalized spacial score (nSPS) is 25.7. The third kappa shape index (κ3) is 2.73. The first-order valence-electron chi connectivity index (χ1n) is 6.73. The Labute approximate surface area is 127 Å². The molecule has 20 heavy (non-hydrogen) atoms. The van der Waals surface area contributed by atoms with Gasteiger partial charge in [-0.1, -0.05) is 23.2 Å². The Balaban J connectivity index is 1.72. The molecule has 1 amide bonds. The molecule has 2 aliphatic rings. The SMILES string of the molecule is Nc1cc(C(=O)NC2CCOC2C2CC2)cc(Cl)c1Cl. The molecule has 1 saturated heterocycles. The Bertz CT molecular complexity index is 523. The van der Waals surface area contributed by atoms with Gasteiger partial charge in [0, 0.05) is 12.2 Å². The van der Waals surface area contributed by atoms with E-state index in [1.54, 1.807) is 6.07 Å². The van der Waals surface area contributed by atoms with Gasteiger partial charge in [-0.15, -0.1) is 0 Å². The Kier molecular flexibility index (Phi) is 3.80. The molecular formula is C14H16Cl2N2O2. The summed E-state index contributed by atoms with van der Waals surface area (Å²) in [7, 11) is 0. The second-order valence-electron chi connectivity index (χ2n) is 5.40. The fourth-order valence-corrected chi connectivity index (χ4v) is 2.98. The van der Waals surface area contributed by atoms with E-state index in [9.17, 15) is 4.79 Å². The highest BCUT2D eigenvalue weighted by Gasteiger charge is 2.41. The summed E-state index contributed by atoms with van der Waals surface area (Å²) in [6, 6.07) is 3.16. The van der Waals surface area contributed by atoms with E-state index in [0.717, 1.165) is 6.42 Å². The van der Waals surface area contributed by atoms with Crippen LogP contribution >= 0.6 is 23.2 Å². The van der Waals surface area contributed by atoms with Crippen molar-refractivity contribution < 1.29 is 9.53 Å². The zero-order chi connectivity index (χ0) is 14.3. The van der Waals surface area contributed by atoms with Crippen LogP contribution in [0.4, 0.5) is 5.69 Å². The summed E-state index contributed by atoms with van der Waals surface area (Å²) in [6.45, 7) is 0.704. The summed E-state index contributed by atoms with van der Waals surface area (Å²) in [5.74, 6) is 0.415. The molecule has 3 rings (SSSR count). The summed E-state index contributed by atoms with van der Waals surface area (Å²) in [4.78, 5) is 12.3. The fourth-order valence-electron chi connectivity index (χ4n) is 2.65. The number of ether oxygens (including phenoxy) is 1. The molecular weight excluding hydrogens is 299 g/mol. The van der Waals surface area contributed by atoms with Crippen molar-refractivity contribution in [1.29, 1.82) is 0 Å². The van der Waals surface area contributed by atoms with Crippen molar-refractivity contribution in [2.45, 2.75) is 31.4 Å². The van der Waals surface area contributed by atoms with Crippen molar-refractivity contribution in [1.82, 2.24) is 5.32 Å². The van der Waals surface area contributed by atoms with Gasteiger partial charge in [-0.3, -0.25) is 4.79 Å². The highest BCUT2D eigenvalue weighted by molar-refractivity contribution is 6.43. The average molecular weight is 315 g/mol. The lowest BCUT2D eigenvalue weighted by molar-refractivity contribution is 0.0729. The number of hydrogen-bond acceptors (Lipinski definition) is 3. The Morgan fingerprint density at radius 3 is 2.70 bits per heavy atom. The van der Waals surface area contributed by atoms with Gasteiger partial charge in [0.05, 0.1) is 27.9 Å². The van der Waals surface area contributed by atoms with E-state index in [4.69, 9.17) is 33.7 Å². The monoisotopic (exact) mass is 314 g/mol. The fraction of sp³-hybridized carbons (Fsp3) is 0.500. The molecule has 3 N–H and O–H groups in total. The largest absolute Gasteiger partial charge is 0.397 e. The van der Waals surface area contributed by atoms with Crippen LogP contribution in [0.2, 0.25) is 10.0 Å². The van der Waals surface area contributed by atoms with Crippen molar-refractivity contribution in [3.05, 3.63) is 27.7 Å². The van der Waals surface area contributed by atoms with Gasteiger partial charge in [0.25, 0.3) is 5.91 Å². The van der Waals surface area contributed by atoms with Crippen LogP contribution in [0.5, 0.6) is 0 Å². The van der Waals surface area contributed by atoms with Crippen molar-refractivity contribution in [3.63, 3.8) is 0 Å². The summed E-state index contributed by atoms with van der Waals surface area (Å²) in [5.41, 5.74) is 6.47. The van der Waals surface area contributed by atoms with E-state index in [2.05, 4.69) is 5.32 Å². The van der Waals surface area contributed by atoms with Crippen LogP contribution in [0, 0.1) is 5.92 Å². The Morgan fingerprint density at radius 1 is 1.30 bits per heavy atom. The molecule has 0 radical (unpaired) electrons. The molecule has 0 bridgehead atoms. The first-order chi connectivity index (χ1) is 9.56. The predicted octanol–water partition coefficient (Wildman–Crippen LogP) is 2.87. The number of amides is 1. The zero-order valence-electron chi connectivity index (χ0n) is 10.9. The molecule has 1 aliphatic heterocycles. The van der Waals surface area contributed by atoms with Gasteiger partial charge in [-0.2, -0.15) is 0 Å². The van der Waals surface area contributed by atoms with Gasteiger partial charge in [0.15, 0.2) is 0 Å². The average Bonchev–Trinajstić information content (AvgIpc) is 3.16. The lowest BCUT2D eigenvalue weighted by Gasteiger charge is -2.19. The molecule has 1 aromatic rings. The lowest BCUT2D eigenvalue weighted by Crippen LogP contribution is -2.41. The minimum absolute atomic E-state index is 0.0747. The molecule has 1 heterocycles. The number of nitrogens with two attached hydrogens (primary N) is 1. The number of nitrogen functional groups attached to an aromatic ring is 1. The van der Waals surface area contributed by atoms with Crippen LogP contribution in [0.15, 0.2) is 12.1 Å².